The maximum absolute atomic E-state index is 5.33. The Labute approximate surface area is 139 Å². The zero-order chi connectivity index (χ0) is 13.8. The number of halogens is 2. The SMILES string of the molecule is Cc1ccnc(NCc2sc(N=C(N)N)nc2C)c1.Cl.Cl. The van der Waals surface area contributed by atoms with Gasteiger partial charge >= 0.3 is 0 Å². The fourth-order valence-corrected chi connectivity index (χ4v) is 2.43. The van der Waals surface area contributed by atoms with E-state index < -0.39 is 0 Å². The standard InChI is InChI=1S/C12H16N6S.2ClH/c1-7-3-4-15-10(5-7)16-6-9-8(2)17-12(19-9)18-11(13)14;;/h3-5H,6H2,1-2H3,(H,15,16)(H4,13,14,17,18);2*1H. The van der Waals surface area contributed by atoms with Crippen molar-refractivity contribution in [2.24, 2.45) is 16.5 Å². The van der Waals surface area contributed by atoms with E-state index in [2.05, 4.69) is 20.3 Å². The van der Waals surface area contributed by atoms with Crippen LogP contribution in [0.5, 0.6) is 0 Å². The maximum atomic E-state index is 5.33. The van der Waals surface area contributed by atoms with Crippen molar-refractivity contribution in [3.05, 3.63) is 34.5 Å². The summed E-state index contributed by atoms with van der Waals surface area (Å²) in [6, 6.07) is 3.95. The first-order chi connectivity index (χ1) is 9.04. The van der Waals surface area contributed by atoms with Gasteiger partial charge in [-0.2, -0.15) is 4.99 Å². The Kier molecular flexibility index (Phi) is 8.01. The predicted octanol–water partition coefficient (Wildman–Crippen LogP) is 2.52. The Bertz CT molecular complexity index is 610. The molecule has 0 aliphatic carbocycles. The molecule has 0 unspecified atom stereocenters. The summed E-state index contributed by atoms with van der Waals surface area (Å²) in [7, 11) is 0. The average Bonchev–Trinajstić information content (AvgIpc) is 2.66. The highest BCUT2D eigenvalue weighted by atomic mass is 35.5. The van der Waals surface area contributed by atoms with Crippen molar-refractivity contribution < 1.29 is 0 Å². The molecule has 2 aromatic heterocycles. The summed E-state index contributed by atoms with van der Waals surface area (Å²) >= 11 is 1.46. The van der Waals surface area contributed by atoms with E-state index in [0.717, 1.165) is 16.4 Å². The highest BCUT2D eigenvalue weighted by Crippen LogP contribution is 2.25. The number of nitrogens with zero attached hydrogens (tertiary/aromatic N) is 3. The lowest BCUT2D eigenvalue weighted by atomic mass is 10.3. The first kappa shape index (κ1) is 19.4. The lowest BCUT2D eigenvalue weighted by Gasteiger charge is -2.04. The Hall–Kier alpha value is -1.57. The minimum absolute atomic E-state index is 0. The molecule has 5 N–H and O–H groups in total. The van der Waals surface area contributed by atoms with Gasteiger partial charge in [-0.3, -0.25) is 0 Å². The molecule has 0 atom stereocenters. The Morgan fingerprint density at radius 1 is 1.33 bits per heavy atom. The topological polar surface area (TPSA) is 102 Å². The zero-order valence-electron chi connectivity index (χ0n) is 11.7. The molecule has 0 amide bonds. The van der Waals surface area contributed by atoms with Gasteiger partial charge in [-0.1, -0.05) is 11.3 Å². The molecular formula is C12H18Cl2N6S. The molecule has 0 aliphatic heterocycles. The van der Waals surface area contributed by atoms with Crippen LogP contribution < -0.4 is 16.8 Å². The summed E-state index contributed by atoms with van der Waals surface area (Å²) in [4.78, 5) is 13.6. The van der Waals surface area contributed by atoms with Crippen molar-refractivity contribution >= 4 is 53.1 Å². The lowest BCUT2D eigenvalue weighted by molar-refractivity contribution is 1.09. The van der Waals surface area contributed by atoms with Gasteiger partial charge in [-0.15, -0.1) is 24.8 Å². The van der Waals surface area contributed by atoms with Gasteiger partial charge in [0, 0.05) is 11.1 Å². The van der Waals surface area contributed by atoms with Crippen LogP contribution in [0.15, 0.2) is 23.3 Å². The van der Waals surface area contributed by atoms with Crippen LogP contribution in [-0.4, -0.2) is 15.9 Å². The summed E-state index contributed by atoms with van der Waals surface area (Å²) in [5.41, 5.74) is 12.8. The van der Waals surface area contributed by atoms with Crippen molar-refractivity contribution in [1.29, 1.82) is 0 Å². The van der Waals surface area contributed by atoms with Gasteiger partial charge in [-0.05, 0) is 31.5 Å². The van der Waals surface area contributed by atoms with E-state index in [1.165, 1.54) is 16.9 Å². The van der Waals surface area contributed by atoms with Crippen molar-refractivity contribution in [2.75, 3.05) is 5.32 Å². The number of aliphatic imine (C=N–C) groups is 1. The van der Waals surface area contributed by atoms with Crippen molar-refractivity contribution in [1.82, 2.24) is 9.97 Å². The first-order valence-electron chi connectivity index (χ1n) is 5.77. The summed E-state index contributed by atoms with van der Waals surface area (Å²) < 4.78 is 0. The lowest BCUT2D eigenvalue weighted by Crippen LogP contribution is -2.21. The van der Waals surface area contributed by atoms with Gasteiger partial charge in [0.1, 0.15) is 5.82 Å². The van der Waals surface area contributed by atoms with Crippen molar-refractivity contribution in [3.8, 4) is 0 Å². The Balaban J connectivity index is 0.00000200. The molecule has 116 valence electrons. The van der Waals surface area contributed by atoms with Crippen LogP contribution in [0.3, 0.4) is 0 Å². The Morgan fingerprint density at radius 2 is 2.05 bits per heavy atom. The normalized spacial score (nSPS) is 9.24. The number of anilines is 1. The number of nitrogens with one attached hydrogen (secondary N) is 1. The molecular weight excluding hydrogens is 331 g/mol. The summed E-state index contributed by atoms with van der Waals surface area (Å²) in [5, 5.41) is 3.83. The molecule has 2 heterocycles. The number of pyridine rings is 1. The molecule has 0 saturated heterocycles. The number of aryl methyl sites for hydroxylation is 2. The molecule has 0 saturated carbocycles. The van der Waals surface area contributed by atoms with Crippen LogP contribution in [0.4, 0.5) is 10.9 Å². The van der Waals surface area contributed by atoms with E-state index in [4.69, 9.17) is 11.5 Å². The molecule has 6 nitrogen and oxygen atoms in total. The number of hydrogen-bond donors (Lipinski definition) is 3. The summed E-state index contributed by atoms with van der Waals surface area (Å²) in [6.07, 6.45) is 1.78. The second kappa shape index (κ2) is 8.66. The van der Waals surface area contributed by atoms with Gasteiger partial charge in [0.05, 0.1) is 12.2 Å². The van der Waals surface area contributed by atoms with E-state index in [1.807, 2.05) is 26.0 Å². The number of guanidine groups is 1. The third kappa shape index (κ3) is 5.74. The number of hydrogen-bond acceptors (Lipinski definition) is 5. The van der Waals surface area contributed by atoms with E-state index >= 15 is 0 Å². The van der Waals surface area contributed by atoms with E-state index in [-0.39, 0.29) is 30.8 Å². The number of rotatable bonds is 4. The summed E-state index contributed by atoms with van der Waals surface area (Å²) in [6.45, 7) is 4.62. The second-order valence-electron chi connectivity index (χ2n) is 4.11. The van der Waals surface area contributed by atoms with Gasteiger partial charge in [0.15, 0.2) is 5.96 Å². The third-order valence-corrected chi connectivity index (χ3v) is 3.50. The second-order valence-corrected chi connectivity index (χ2v) is 5.18. The van der Waals surface area contributed by atoms with E-state index in [9.17, 15) is 0 Å². The molecule has 0 bridgehead atoms. The molecule has 0 fully saturated rings. The molecule has 0 spiro atoms. The summed E-state index contributed by atoms with van der Waals surface area (Å²) in [5.74, 6) is 0.866. The van der Waals surface area contributed by atoms with Crippen LogP contribution in [0, 0.1) is 13.8 Å². The number of nitrogens with two attached hydrogens (primary N) is 2. The largest absolute Gasteiger partial charge is 0.370 e. The van der Waals surface area contributed by atoms with Crippen LogP contribution in [0.1, 0.15) is 16.1 Å². The molecule has 2 aromatic rings. The minimum atomic E-state index is 0. The number of thiazole rings is 1. The fraction of sp³-hybridized carbons (Fsp3) is 0.250. The van der Waals surface area contributed by atoms with Gasteiger partial charge in [0.25, 0.3) is 0 Å². The third-order valence-electron chi connectivity index (χ3n) is 2.45. The predicted molar refractivity (Wildman–Crippen MR) is 93.1 cm³/mol. The quantitative estimate of drug-likeness (QED) is 0.581. The van der Waals surface area contributed by atoms with E-state index in [1.54, 1.807) is 6.20 Å². The molecule has 0 aliphatic rings. The van der Waals surface area contributed by atoms with Gasteiger partial charge in [0.2, 0.25) is 5.13 Å². The minimum Gasteiger partial charge on any atom is -0.370 e. The van der Waals surface area contributed by atoms with Gasteiger partial charge in [-0.25, -0.2) is 9.97 Å². The molecule has 9 heteroatoms. The average molecular weight is 349 g/mol. The van der Waals surface area contributed by atoms with Crippen molar-refractivity contribution in [3.63, 3.8) is 0 Å². The molecule has 2 rings (SSSR count). The van der Waals surface area contributed by atoms with Gasteiger partial charge < -0.3 is 16.8 Å². The molecule has 21 heavy (non-hydrogen) atoms. The monoisotopic (exact) mass is 348 g/mol. The van der Waals surface area contributed by atoms with E-state index in [0.29, 0.717) is 11.7 Å². The van der Waals surface area contributed by atoms with Crippen LogP contribution in [0.2, 0.25) is 0 Å². The molecule has 0 radical (unpaired) electrons. The molecule has 0 aromatic carbocycles. The Morgan fingerprint density at radius 3 is 2.67 bits per heavy atom. The van der Waals surface area contributed by atoms with Crippen molar-refractivity contribution in [2.45, 2.75) is 20.4 Å². The van der Waals surface area contributed by atoms with Crippen LogP contribution >= 0.6 is 36.2 Å². The van der Waals surface area contributed by atoms with Crippen LogP contribution in [0.25, 0.3) is 0 Å². The number of aromatic nitrogens is 2. The fourth-order valence-electron chi connectivity index (χ4n) is 1.54. The highest BCUT2D eigenvalue weighted by Gasteiger charge is 2.07. The first-order valence-corrected chi connectivity index (χ1v) is 6.58. The smallest absolute Gasteiger partial charge is 0.212 e. The zero-order valence-corrected chi connectivity index (χ0v) is 14.1. The highest BCUT2D eigenvalue weighted by molar-refractivity contribution is 7.15. The van der Waals surface area contributed by atoms with Crippen LogP contribution in [-0.2, 0) is 6.54 Å². The maximum Gasteiger partial charge on any atom is 0.212 e.